The van der Waals surface area contributed by atoms with Crippen LogP contribution < -0.4 is 20.9 Å². The number of piperidine rings is 1. The average Bonchev–Trinajstić information content (AvgIpc) is 3.33. The van der Waals surface area contributed by atoms with Crippen LogP contribution in [-0.2, 0) is 4.74 Å². The Morgan fingerprint density at radius 2 is 1.69 bits per heavy atom. The second-order valence-electron chi connectivity index (χ2n) is 8.21. The number of benzene rings is 2. The molecule has 2 aromatic rings. The zero-order chi connectivity index (χ0) is 22.3. The molecule has 0 spiro atoms. The largest absolute Gasteiger partial charge is 0.376 e. The predicted octanol–water partition coefficient (Wildman–Crippen LogP) is 4.88. The fourth-order valence-corrected chi connectivity index (χ4v) is 4.27. The van der Waals surface area contributed by atoms with Gasteiger partial charge in [-0.1, -0.05) is 11.6 Å². The van der Waals surface area contributed by atoms with Gasteiger partial charge in [0.25, 0.3) is 5.91 Å². The van der Waals surface area contributed by atoms with E-state index in [4.69, 9.17) is 16.3 Å². The standard InChI is InChI=1S/C24H29ClN4O3/c25-17-6-8-18(9-7-17)27-24(31)28-19-10-11-22(29-12-2-1-3-13-29)21(15-19)23(30)26-16-20-5-4-14-32-20/h6-11,15,20H,1-5,12-14,16H2,(H,26,30)(H2,27,28,31)/t20-/m0/s1. The van der Waals surface area contributed by atoms with Crippen LogP contribution in [0.3, 0.4) is 0 Å². The average molecular weight is 457 g/mol. The van der Waals surface area contributed by atoms with Crippen LogP contribution in [0.1, 0.15) is 42.5 Å². The summed E-state index contributed by atoms with van der Waals surface area (Å²) in [5, 5.41) is 9.21. The van der Waals surface area contributed by atoms with Crippen LogP contribution in [-0.4, -0.2) is 44.3 Å². The van der Waals surface area contributed by atoms with Crippen molar-refractivity contribution in [3.8, 4) is 0 Å². The number of carbonyl (C=O) groups excluding carboxylic acids is 2. The summed E-state index contributed by atoms with van der Waals surface area (Å²) in [6.45, 7) is 3.10. The first-order chi connectivity index (χ1) is 15.6. The molecular formula is C24H29ClN4O3. The summed E-state index contributed by atoms with van der Waals surface area (Å²) in [5.41, 5.74) is 2.65. The van der Waals surface area contributed by atoms with Crippen LogP contribution in [0, 0.1) is 0 Å². The van der Waals surface area contributed by atoms with Gasteiger partial charge in [-0.3, -0.25) is 4.79 Å². The van der Waals surface area contributed by atoms with Gasteiger partial charge in [-0.15, -0.1) is 0 Å². The van der Waals surface area contributed by atoms with Gasteiger partial charge in [0.1, 0.15) is 0 Å². The second-order valence-corrected chi connectivity index (χ2v) is 8.65. The first-order valence-corrected chi connectivity index (χ1v) is 11.6. The third-order valence-corrected chi connectivity index (χ3v) is 6.06. The molecule has 3 amide bonds. The zero-order valence-corrected chi connectivity index (χ0v) is 18.8. The lowest BCUT2D eigenvalue weighted by atomic mass is 10.1. The lowest BCUT2D eigenvalue weighted by molar-refractivity contribution is 0.0858. The number of nitrogens with zero attached hydrogens (tertiary/aromatic N) is 1. The van der Waals surface area contributed by atoms with E-state index in [1.54, 1.807) is 30.3 Å². The van der Waals surface area contributed by atoms with Crippen molar-refractivity contribution in [2.75, 3.05) is 41.8 Å². The van der Waals surface area contributed by atoms with Gasteiger partial charge in [0.15, 0.2) is 0 Å². The third-order valence-electron chi connectivity index (χ3n) is 5.81. The van der Waals surface area contributed by atoms with Crippen molar-refractivity contribution < 1.29 is 14.3 Å². The van der Waals surface area contributed by atoms with Crippen molar-refractivity contribution in [2.24, 2.45) is 0 Å². The summed E-state index contributed by atoms with van der Waals surface area (Å²) in [7, 11) is 0. The minimum atomic E-state index is -0.385. The third kappa shape index (κ3) is 5.93. The number of rotatable bonds is 6. The minimum absolute atomic E-state index is 0.0730. The van der Waals surface area contributed by atoms with Crippen molar-refractivity contribution in [3.63, 3.8) is 0 Å². The number of hydrogen-bond acceptors (Lipinski definition) is 4. The molecule has 4 rings (SSSR count). The van der Waals surface area contributed by atoms with Gasteiger partial charge >= 0.3 is 6.03 Å². The van der Waals surface area contributed by atoms with Gasteiger partial charge in [-0.25, -0.2) is 4.79 Å². The molecule has 2 fully saturated rings. The van der Waals surface area contributed by atoms with E-state index in [1.807, 2.05) is 12.1 Å². The van der Waals surface area contributed by atoms with E-state index in [-0.39, 0.29) is 18.0 Å². The number of carbonyl (C=O) groups is 2. The fourth-order valence-electron chi connectivity index (χ4n) is 4.14. The van der Waals surface area contributed by atoms with Gasteiger partial charge in [0.2, 0.25) is 0 Å². The van der Waals surface area contributed by atoms with Crippen LogP contribution in [0.4, 0.5) is 21.9 Å². The number of ether oxygens (including phenoxy) is 1. The second kappa shape index (κ2) is 10.7. The molecule has 1 atom stereocenters. The molecule has 0 unspecified atom stereocenters. The maximum atomic E-state index is 13.1. The molecule has 0 aliphatic carbocycles. The summed E-state index contributed by atoms with van der Waals surface area (Å²) in [6, 6.07) is 12.0. The predicted molar refractivity (Wildman–Crippen MR) is 128 cm³/mol. The summed E-state index contributed by atoms with van der Waals surface area (Å²) in [4.78, 5) is 27.8. The molecule has 32 heavy (non-hydrogen) atoms. The molecule has 2 aromatic carbocycles. The maximum absolute atomic E-state index is 13.1. The van der Waals surface area contributed by atoms with E-state index in [0.29, 0.717) is 28.5 Å². The Balaban J connectivity index is 1.48. The van der Waals surface area contributed by atoms with E-state index in [9.17, 15) is 9.59 Å². The molecule has 0 aromatic heterocycles. The van der Waals surface area contributed by atoms with Gasteiger partial charge in [-0.2, -0.15) is 0 Å². The summed E-state index contributed by atoms with van der Waals surface area (Å²) in [6.07, 6.45) is 5.50. The van der Waals surface area contributed by atoms with Gasteiger partial charge in [0, 0.05) is 48.3 Å². The zero-order valence-electron chi connectivity index (χ0n) is 18.0. The molecule has 0 bridgehead atoms. The van der Waals surface area contributed by atoms with E-state index in [2.05, 4.69) is 20.9 Å². The first-order valence-electron chi connectivity index (χ1n) is 11.2. The molecule has 2 aliphatic rings. The Bertz CT molecular complexity index is 939. The number of nitrogens with one attached hydrogen (secondary N) is 3. The number of amides is 3. The van der Waals surface area contributed by atoms with Gasteiger partial charge in [-0.05, 0) is 74.6 Å². The van der Waals surface area contributed by atoms with Crippen molar-refractivity contribution in [1.29, 1.82) is 0 Å². The highest BCUT2D eigenvalue weighted by Gasteiger charge is 2.22. The van der Waals surface area contributed by atoms with Crippen LogP contribution in [0.2, 0.25) is 5.02 Å². The van der Waals surface area contributed by atoms with Crippen molar-refractivity contribution in [2.45, 2.75) is 38.2 Å². The van der Waals surface area contributed by atoms with Crippen molar-refractivity contribution in [1.82, 2.24) is 5.32 Å². The van der Waals surface area contributed by atoms with E-state index >= 15 is 0 Å². The molecule has 0 radical (unpaired) electrons. The summed E-state index contributed by atoms with van der Waals surface area (Å²) < 4.78 is 5.63. The number of halogens is 1. The van der Waals surface area contributed by atoms with Crippen molar-refractivity contribution in [3.05, 3.63) is 53.1 Å². The Morgan fingerprint density at radius 3 is 2.41 bits per heavy atom. The Hall–Kier alpha value is -2.77. The van der Waals surface area contributed by atoms with Crippen LogP contribution in [0.5, 0.6) is 0 Å². The topological polar surface area (TPSA) is 82.7 Å². The monoisotopic (exact) mass is 456 g/mol. The number of anilines is 3. The summed E-state index contributed by atoms with van der Waals surface area (Å²) >= 11 is 5.89. The highest BCUT2D eigenvalue weighted by molar-refractivity contribution is 6.30. The normalized spacial score (nSPS) is 18.3. The molecule has 2 aliphatic heterocycles. The molecule has 2 saturated heterocycles. The van der Waals surface area contributed by atoms with Gasteiger partial charge in [0.05, 0.1) is 11.7 Å². The molecule has 170 valence electrons. The molecule has 3 N–H and O–H groups in total. The molecular weight excluding hydrogens is 428 g/mol. The summed E-state index contributed by atoms with van der Waals surface area (Å²) in [5.74, 6) is -0.150. The van der Waals surface area contributed by atoms with Gasteiger partial charge < -0.3 is 25.6 Å². The molecule has 2 heterocycles. The highest BCUT2D eigenvalue weighted by Crippen LogP contribution is 2.27. The number of hydrogen-bond donors (Lipinski definition) is 3. The van der Waals surface area contributed by atoms with Crippen LogP contribution in [0.25, 0.3) is 0 Å². The lowest BCUT2D eigenvalue weighted by Gasteiger charge is -2.30. The quantitative estimate of drug-likeness (QED) is 0.578. The smallest absolute Gasteiger partial charge is 0.323 e. The van der Waals surface area contributed by atoms with E-state index < -0.39 is 0 Å². The van der Waals surface area contributed by atoms with E-state index in [0.717, 1.165) is 51.1 Å². The molecule has 8 heteroatoms. The van der Waals surface area contributed by atoms with Crippen LogP contribution in [0.15, 0.2) is 42.5 Å². The molecule has 7 nitrogen and oxygen atoms in total. The Morgan fingerprint density at radius 1 is 0.969 bits per heavy atom. The highest BCUT2D eigenvalue weighted by atomic mass is 35.5. The van der Waals surface area contributed by atoms with Crippen LogP contribution >= 0.6 is 11.6 Å². The van der Waals surface area contributed by atoms with E-state index in [1.165, 1.54) is 6.42 Å². The Kier molecular flexibility index (Phi) is 7.50. The first kappa shape index (κ1) is 22.4. The number of urea groups is 1. The minimum Gasteiger partial charge on any atom is -0.376 e. The van der Waals surface area contributed by atoms with Crippen molar-refractivity contribution >= 4 is 40.6 Å². The lowest BCUT2D eigenvalue weighted by Crippen LogP contribution is -2.35. The fraction of sp³-hybridized carbons (Fsp3) is 0.417. The molecule has 0 saturated carbocycles. The SMILES string of the molecule is O=C(Nc1ccc(Cl)cc1)Nc1ccc(N2CCCCC2)c(C(=O)NC[C@@H]2CCCO2)c1. The Labute approximate surface area is 193 Å². The maximum Gasteiger partial charge on any atom is 0.323 e.